The van der Waals surface area contributed by atoms with Crippen LogP contribution in [0, 0.1) is 0 Å². The van der Waals surface area contributed by atoms with Gasteiger partial charge in [-0.1, -0.05) is 65.7 Å². The number of aromatic nitrogens is 1. The van der Waals surface area contributed by atoms with E-state index in [1.54, 1.807) is 0 Å². The van der Waals surface area contributed by atoms with Gasteiger partial charge in [-0.3, -0.25) is 0 Å². The molecule has 0 bridgehead atoms. The summed E-state index contributed by atoms with van der Waals surface area (Å²) in [6.45, 7) is 3.82. The number of alkyl halides is 2. The van der Waals surface area contributed by atoms with Crippen LogP contribution >= 0.6 is 23.2 Å². The fourth-order valence-electron chi connectivity index (χ4n) is 4.42. The zero-order valence-corrected chi connectivity index (χ0v) is 22.2. The van der Waals surface area contributed by atoms with Crippen molar-refractivity contribution in [3.8, 4) is 0 Å². The van der Waals surface area contributed by atoms with Crippen molar-refractivity contribution in [3.05, 3.63) is 97.1 Å². The quantitative estimate of drug-likeness (QED) is 0.130. The molecule has 0 saturated carbocycles. The SMILES string of the molecule is CC(Cl)N(c1cccc2nc3ccccc3c(Nc3ccc(S(=O)c4ccccc4)cc3)c12)C(C)Cl. The largest absolute Gasteiger partial charge is 0.354 e. The lowest BCUT2D eigenvalue weighted by Crippen LogP contribution is -2.34. The highest BCUT2D eigenvalue weighted by atomic mass is 35.5. The van der Waals surface area contributed by atoms with Gasteiger partial charge in [-0.15, -0.1) is 0 Å². The van der Waals surface area contributed by atoms with Gasteiger partial charge in [0.05, 0.1) is 33.2 Å². The van der Waals surface area contributed by atoms with E-state index in [0.29, 0.717) is 0 Å². The Morgan fingerprint density at radius 1 is 0.750 bits per heavy atom. The minimum Gasteiger partial charge on any atom is -0.354 e. The van der Waals surface area contributed by atoms with Crippen LogP contribution in [0.3, 0.4) is 0 Å². The lowest BCUT2D eigenvalue weighted by Gasteiger charge is -2.31. The molecule has 5 aromatic rings. The second-order valence-corrected chi connectivity index (χ2v) is 11.2. The third kappa shape index (κ3) is 4.79. The number of pyridine rings is 1. The predicted molar refractivity (Wildman–Crippen MR) is 153 cm³/mol. The zero-order valence-electron chi connectivity index (χ0n) is 19.9. The maximum atomic E-state index is 13.0. The van der Waals surface area contributed by atoms with E-state index in [2.05, 4.69) is 11.4 Å². The molecule has 5 rings (SSSR count). The van der Waals surface area contributed by atoms with Crippen molar-refractivity contribution in [3.63, 3.8) is 0 Å². The van der Waals surface area contributed by atoms with E-state index in [1.165, 1.54) is 0 Å². The van der Waals surface area contributed by atoms with Gasteiger partial charge in [0.15, 0.2) is 0 Å². The Morgan fingerprint density at radius 3 is 2.06 bits per heavy atom. The number of fused-ring (bicyclic) bond motifs is 2. The number of halogens is 2. The number of para-hydroxylation sites is 1. The van der Waals surface area contributed by atoms with Crippen LogP contribution in [0.25, 0.3) is 21.8 Å². The molecule has 0 aliphatic carbocycles. The molecular formula is C29H25Cl2N3OS. The molecule has 3 atom stereocenters. The first-order chi connectivity index (χ1) is 17.4. The molecule has 7 heteroatoms. The lowest BCUT2D eigenvalue weighted by atomic mass is 10.0. The van der Waals surface area contributed by atoms with Crippen LogP contribution in [0.15, 0.2) is 107 Å². The zero-order chi connectivity index (χ0) is 25.2. The monoisotopic (exact) mass is 533 g/mol. The van der Waals surface area contributed by atoms with Crippen molar-refractivity contribution >= 4 is 72.9 Å². The molecule has 1 heterocycles. The molecule has 4 aromatic carbocycles. The van der Waals surface area contributed by atoms with Crippen molar-refractivity contribution in [1.29, 1.82) is 0 Å². The van der Waals surface area contributed by atoms with E-state index < -0.39 is 10.8 Å². The standard InChI is InChI=1S/C29H25Cl2N3OS/c1-19(30)34(20(2)31)27-14-8-13-26-28(27)29(24-11-6-7-12-25(24)33-26)32-21-15-17-23(18-16-21)36(35)22-9-4-3-5-10-22/h3-20H,1-2H3,(H,32,33). The molecule has 3 unspecified atom stereocenters. The summed E-state index contributed by atoms with van der Waals surface area (Å²) in [5.74, 6) is 0. The van der Waals surface area contributed by atoms with Gasteiger partial charge in [-0.05, 0) is 68.4 Å². The molecule has 1 N–H and O–H groups in total. The van der Waals surface area contributed by atoms with E-state index in [0.717, 1.165) is 48.7 Å². The summed E-state index contributed by atoms with van der Waals surface area (Å²) in [7, 11) is -1.24. The smallest absolute Gasteiger partial charge is 0.102 e. The molecule has 1 aromatic heterocycles. The van der Waals surface area contributed by atoms with Gasteiger partial charge in [0.25, 0.3) is 0 Å². The highest BCUT2D eigenvalue weighted by Gasteiger charge is 2.22. The van der Waals surface area contributed by atoms with Crippen molar-refractivity contribution in [2.75, 3.05) is 10.2 Å². The van der Waals surface area contributed by atoms with Crippen LogP contribution in [0.4, 0.5) is 17.1 Å². The van der Waals surface area contributed by atoms with Crippen molar-refractivity contribution < 1.29 is 4.21 Å². The summed E-state index contributed by atoms with van der Waals surface area (Å²) in [6, 6.07) is 31.2. The highest BCUT2D eigenvalue weighted by molar-refractivity contribution is 7.85. The molecule has 182 valence electrons. The summed E-state index contributed by atoms with van der Waals surface area (Å²) in [5, 5.41) is 5.54. The average Bonchev–Trinajstić information content (AvgIpc) is 2.89. The molecular weight excluding hydrogens is 509 g/mol. The highest BCUT2D eigenvalue weighted by Crippen LogP contribution is 2.40. The Labute approximate surface area is 223 Å². The third-order valence-electron chi connectivity index (χ3n) is 6.02. The first-order valence-corrected chi connectivity index (χ1v) is 13.7. The van der Waals surface area contributed by atoms with E-state index in [4.69, 9.17) is 28.2 Å². The van der Waals surface area contributed by atoms with Crippen LogP contribution < -0.4 is 10.2 Å². The topological polar surface area (TPSA) is 45.2 Å². The minimum atomic E-state index is -1.24. The van der Waals surface area contributed by atoms with Gasteiger partial charge in [-0.25, -0.2) is 9.19 Å². The number of benzene rings is 4. The molecule has 0 spiro atoms. The molecule has 0 aliphatic heterocycles. The summed E-state index contributed by atoms with van der Waals surface area (Å²) >= 11 is 13.1. The van der Waals surface area contributed by atoms with Gasteiger partial charge in [-0.2, -0.15) is 0 Å². The third-order valence-corrected chi connectivity index (χ3v) is 7.85. The number of hydrogen-bond acceptors (Lipinski definition) is 4. The fourth-order valence-corrected chi connectivity index (χ4v) is 6.09. The summed E-state index contributed by atoms with van der Waals surface area (Å²) in [5.41, 5.74) is 3.78. The van der Waals surface area contributed by atoms with E-state index >= 15 is 0 Å². The molecule has 0 saturated heterocycles. The van der Waals surface area contributed by atoms with Gasteiger partial charge >= 0.3 is 0 Å². The van der Waals surface area contributed by atoms with Crippen molar-refractivity contribution in [2.45, 2.75) is 34.6 Å². The molecule has 0 fully saturated rings. The van der Waals surface area contributed by atoms with Crippen molar-refractivity contribution in [1.82, 2.24) is 4.98 Å². The van der Waals surface area contributed by atoms with Crippen LogP contribution in [0.2, 0.25) is 0 Å². The van der Waals surface area contributed by atoms with E-state index in [1.807, 2.05) is 110 Å². The van der Waals surface area contributed by atoms with Crippen LogP contribution in [0.1, 0.15) is 13.8 Å². The number of rotatable bonds is 7. The Balaban J connectivity index is 1.63. The molecule has 4 nitrogen and oxygen atoms in total. The van der Waals surface area contributed by atoms with Gasteiger partial charge in [0.2, 0.25) is 0 Å². The summed E-state index contributed by atoms with van der Waals surface area (Å²) in [6.07, 6.45) is 0. The fraction of sp³-hybridized carbons (Fsp3) is 0.138. The van der Waals surface area contributed by atoms with Gasteiger partial charge < -0.3 is 10.2 Å². The van der Waals surface area contributed by atoms with Gasteiger partial charge in [0, 0.05) is 26.3 Å². The van der Waals surface area contributed by atoms with E-state index in [-0.39, 0.29) is 11.0 Å². The Hall–Kier alpha value is -3.12. The first kappa shape index (κ1) is 24.6. The van der Waals surface area contributed by atoms with Crippen LogP contribution in [-0.2, 0) is 10.8 Å². The maximum absolute atomic E-state index is 13.0. The Kier molecular flexibility index (Phi) is 7.15. The van der Waals surface area contributed by atoms with Crippen LogP contribution in [-0.4, -0.2) is 20.2 Å². The van der Waals surface area contributed by atoms with Crippen molar-refractivity contribution in [2.24, 2.45) is 0 Å². The number of anilines is 3. The van der Waals surface area contributed by atoms with Gasteiger partial charge in [0.1, 0.15) is 11.0 Å². The Bertz CT molecular complexity index is 1530. The summed E-state index contributed by atoms with van der Waals surface area (Å²) < 4.78 is 13.0. The Morgan fingerprint density at radius 2 is 1.36 bits per heavy atom. The molecule has 0 amide bonds. The first-order valence-electron chi connectivity index (χ1n) is 11.7. The lowest BCUT2D eigenvalue weighted by molar-refractivity contribution is 0.683. The number of nitrogens with one attached hydrogen (secondary N) is 1. The molecule has 0 aliphatic rings. The summed E-state index contributed by atoms with van der Waals surface area (Å²) in [4.78, 5) is 8.41. The predicted octanol–water partition coefficient (Wildman–Crippen LogP) is 8.27. The average molecular weight is 535 g/mol. The van der Waals surface area contributed by atoms with E-state index in [9.17, 15) is 4.21 Å². The minimum absolute atomic E-state index is 0.324. The maximum Gasteiger partial charge on any atom is 0.102 e. The van der Waals surface area contributed by atoms with Crippen LogP contribution in [0.5, 0.6) is 0 Å². The normalized spacial score (nSPS) is 13.9. The second-order valence-electron chi connectivity index (χ2n) is 8.46. The molecule has 0 radical (unpaired) electrons. The number of nitrogens with zero attached hydrogens (tertiary/aromatic N) is 2. The number of hydrogen-bond donors (Lipinski definition) is 1. The molecule has 36 heavy (non-hydrogen) atoms. The second kappa shape index (κ2) is 10.5.